The molecule has 0 saturated carbocycles. The number of nitrogens with zero attached hydrogens (tertiary/aromatic N) is 2. The van der Waals surface area contributed by atoms with Gasteiger partial charge in [-0.3, -0.25) is 4.57 Å². The van der Waals surface area contributed by atoms with Crippen molar-refractivity contribution in [3.63, 3.8) is 0 Å². The summed E-state index contributed by atoms with van der Waals surface area (Å²) in [7, 11) is 0. The normalized spacial score (nSPS) is 11.8. The molecule has 5 nitrogen and oxygen atoms in total. The SMILES string of the molecule is CCN/N=C/c1ccc2[nH]c(=O)n(C(C)C)c2c1. The third-order valence-electron chi connectivity index (χ3n) is 2.72. The van der Waals surface area contributed by atoms with E-state index in [1.807, 2.05) is 39.0 Å². The number of aromatic amines is 1. The Bertz CT molecular complexity index is 621. The molecule has 0 bridgehead atoms. The minimum absolute atomic E-state index is 0.0687. The number of aromatic nitrogens is 2. The summed E-state index contributed by atoms with van der Waals surface area (Å²) in [5, 5.41) is 4.08. The van der Waals surface area contributed by atoms with Gasteiger partial charge in [-0.05, 0) is 38.5 Å². The van der Waals surface area contributed by atoms with Crippen LogP contribution < -0.4 is 11.1 Å². The van der Waals surface area contributed by atoms with E-state index in [0.29, 0.717) is 0 Å². The molecule has 1 heterocycles. The van der Waals surface area contributed by atoms with E-state index in [-0.39, 0.29) is 11.7 Å². The molecular weight excluding hydrogens is 228 g/mol. The molecule has 0 amide bonds. The molecular formula is C13H18N4O. The van der Waals surface area contributed by atoms with Crippen molar-refractivity contribution in [2.45, 2.75) is 26.8 Å². The number of hydrogen-bond donors (Lipinski definition) is 2. The molecule has 0 aliphatic heterocycles. The van der Waals surface area contributed by atoms with Crippen molar-refractivity contribution < 1.29 is 0 Å². The molecule has 2 N–H and O–H groups in total. The van der Waals surface area contributed by atoms with Gasteiger partial charge in [0, 0.05) is 12.6 Å². The molecule has 2 aromatic rings. The highest BCUT2D eigenvalue weighted by Gasteiger charge is 2.09. The fraction of sp³-hybridized carbons (Fsp3) is 0.385. The summed E-state index contributed by atoms with van der Waals surface area (Å²) in [5.41, 5.74) is 5.55. The van der Waals surface area contributed by atoms with Gasteiger partial charge in [0.15, 0.2) is 0 Å². The Hall–Kier alpha value is -2.04. The molecule has 0 unspecified atom stereocenters. The van der Waals surface area contributed by atoms with E-state index in [4.69, 9.17) is 0 Å². The summed E-state index contributed by atoms with van der Waals surface area (Å²) in [6.07, 6.45) is 1.76. The van der Waals surface area contributed by atoms with Gasteiger partial charge >= 0.3 is 5.69 Å². The predicted molar refractivity (Wildman–Crippen MR) is 74.2 cm³/mol. The van der Waals surface area contributed by atoms with E-state index in [1.54, 1.807) is 10.8 Å². The van der Waals surface area contributed by atoms with E-state index in [9.17, 15) is 4.79 Å². The maximum Gasteiger partial charge on any atom is 0.326 e. The lowest BCUT2D eigenvalue weighted by atomic mass is 10.2. The zero-order valence-corrected chi connectivity index (χ0v) is 10.9. The third-order valence-corrected chi connectivity index (χ3v) is 2.72. The Morgan fingerprint density at radius 3 is 2.94 bits per heavy atom. The van der Waals surface area contributed by atoms with Gasteiger partial charge in [-0.2, -0.15) is 5.10 Å². The minimum Gasteiger partial charge on any atom is -0.310 e. The van der Waals surface area contributed by atoms with Gasteiger partial charge in [-0.1, -0.05) is 6.07 Å². The van der Waals surface area contributed by atoms with Crippen LogP contribution in [0.3, 0.4) is 0 Å². The Balaban J connectivity index is 2.49. The second-order valence-electron chi connectivity index (χ2n) is 4.44. The molecule has 1 aromatic carbocycles. The number of fused-ring (bicyclic) bond motifs is 1. The van der Waals surface area contributed by atoms with Gasteiger partial charge in [0.1, 0.15) is 0 Å². The van der Waals surface area contributed by atoms with Gasteiger partial charge in [-0.15, -0.1) is 0 Å². The highest BCUT2D eigenvalue weighted by Crippen LogP contribution is 2.15. The summed E-state index contributed by atoms with van der Waals surface area (Å²) in [6.45, 7) is 6.77. The van der Waals surface area contributed by atoms with Crippen molar-refractivity contribution in [3.05, 3.63) is 34.2 Å². The van der Waals surface area contributed by atoms with E-state index in [2.05, 4.69) is 15.5 Å². The summed E-state index contributed by atoms with van der Waals surface area (Å²) < 4.78 is 1.75. The number of hydrazone groups is 1. The molecule has 0 atom stereocenters. The van der Waals surface area contributed by atoms with Crippen molar-refractivity contribution in [3.8, 4) is 0 Å². The van der Waals surface area contributed by atoms with Crippen LogP contribution in [0.5, 0.6) is 0 Å². The lowest BCUT2D eigenvalue weighted by Gasteiger charge is -2.06. The van der Waals surface area contributed by atoms with Crippen LogP contribution in [-0.4, -0.2) is 22.3 Å². The number of rotatable bonds is 4. The molecule has 5 heteroatoms. The van der Waals surface area contributed by atoms with E-state index in [1.165, 1.54) is 0 Å². The van der Waals surface area contributed by atoms with Crippen molar-refractivity contribution in [1.82, 2.24) is 15.0 Å². The van der Waals surface area contributed by atoms with Crippen LogP contribution in [0, 0.1) is 0 Å². The Morgan fingerprint density at radius 1 is 1.50 bits per heavy atom. The van der Waals surface area contributed by atoms with Gasteiger partial charge < -0.3 is 10.4 Å². The first-order valence-electron chi connectivity index (χ1n) is 6.13. The number of hydrogen-bond acceptors (Lipinski definition) is 3. The van der Waals surface area contributed by atoms with Crippen LogP contribution in [0.2, 0.25) is 0 Å². The lowest BCUT2D eigenvalue weighted by molar-refractivity contribution is 0.598. The zero-order chi connectivity index (χ0) is 13.1. The standard InChI is InChI=1S/C13H18N4O/c1-4-14-15-8-10-5-6-11-12(7-10)17(9(2)3)13(18)16-11/h5-9,14H,4H2,1-3H3,(H,16,18)/b15-8+. The van der Waals surface area contributed by atoms with Crippen molar-refractivity contribution in [1.29, 1.82) is 0 Å². The lowest BCUT2D eigenvalue weighted by Crippen LogP contribution is -2.18. The van der Waals surface area contributed by atoms with Crippen LogP contribution in [-0.2, 0) is 0 Å². The second kappa shape index (κ2) is 5.08. The fourth-order valence-corrected chi connectivity index (χ4v) is 1.94. The van der Waals surface area contributed by atoms with Gasteiger partial charge in [0.05, 0.1) is 17.2 Å². The molecule has 96 valence electrons. The average Bonchev–Trinajstić information content (AvgIpc) is 2.64. The number of nitrogens with one attached hydrogen (secondary N) is 2. The van der Waals surface area contributed by atoms with E-state index >= 15 is 0 Å². The summed E-state index contributed by atoms with van der Waals surface area (Å²) >= 11 is 0. The van der Waals surface area contributed by atoms with Crippen LogP contribution in [0.1, 0.15) is 32.4 Å². The highest BCUT2D eigenvalue weighted by molar-refractivity contribution is 5.87. The average molecular weight is 246 g/mol. The monoisotopic (exact) mass is 246 g/mol. The van der Waals surface area contributed by atoms with Crippen molar-refractivity contribution in [2.75, 3.05) is 6.54 Å². The first-order valence-corrected chi connectivity index (χ1v) is 6.13. The van der Waals surface area contributed by atoms with Gasteiger partial charge in [0.25, 0.3) is 0 Å². The molecule has 0 saturated heterocycles. The first kappa shape index (κ1) is 12.4. The van der Waals surface area contributed by atoms with Gasteiger partial charge in [0.2, 0.25) is 0 Å². The first-order chi connectivity index (χ1) is 8.63. The quantitative estimate of drug-likeness (QED) is 0.639. The second-order valence-corrected chi connectivity index (χ2v) is 4.44. The predicted octanol–water partition coefficient (Wildman–Crippen LogP) is 1.85. The van der Waals surface area contributed by atoms with Crippen molar-refractivity contribution in [2.24, 2.45) is 5.10 Å². The highest BCUT2D eigenvalue weighted by atomic mass is 16.1. The van der Waals surface area contributed by atoms with Crippen LogP contribution in [0.25, 0.3) is 11.0 Å². The Morgan fingerprint density at radius 2 is 2.28 bits per heavy atom. The minimum atomic E-state index is -0.0687. The number of H-pyrrole nitrogens is 1. The Labute approximate surface area is 106 Å². The maximum absolute atomic E-state index is 11.8. The topological polar surface area (TPSA) is 62.2 Å². The van der Waals surface area contributed by atoms with Crippen LogP contribution in [0.15, 0.2) is 28.1 Å². The van der Waals surface area contributed by atoms with Crippen molar-refractivity contribution >= 4 is 17.2 Å². The molecule has 0 spiro atoms. The largest absolute Gasteiger partial charge is 0.326 e. The molecule has 0 radical (unpaired) electrons. The Kier molecular flexibility index (Phi) is 3.50. The molecule has 0 fully saturated rings. The molecule has 0 aliphatic carbocycles. The smallest absolute Gasteiger partial charge is 0.310 e. The zero-order valence-electron chi connectivity index (χ0n) is 10.9. The molecule has 0 aliphatic rings. The van der Waals surface area contributed by atoms with Crippen LogP contribution in [0.4, 0.5) is 0 Å². The van der Waals surface area contributed by atoms with Crippen LogP contribution >= 0.6 is 0 Å². The third kappa shape index (κ3) is 2.30. The molecule has 18 heavy (non-hydrogen) atoms. The molecule has 1 aromatic heterocycles. The number of benzene rings is 1. The fourth-order valence-electron chi connectivity index (χ4n) is 1.94. The summed E-state index contributed by atoms with van der Waals surface area (Å²) in [5.74, 6) is 0. The summed E-state index contributed by atoms with van der Waals surface area (Å²) in [4.78, 5) is 14.7. The maximum atomic E-state index is 11.8. The van der Waals surface area contributed by atoms with Gasteiger partial charge in [-0.25, -0.2) is 4.79 Å². The van der Waals surface area contributed by atoms with E-state index < -0.39 is 0 Å². The number of imidazole rings is 1. The van der Waals surface area contributed by atoms with E-state index in [0.717, 1.165) is 23.1 Å². The molecule has 2 rings (SSSR count). The summed E-state index contributed by atoms with van der Waals surface area (Å²) in [6, 6.07) is 5.94.